The summed E-state index contributed by atoms with van der Waals surface area (Å²) in [6.07, 6.45) is 6.86. The quantitative estimate of drug-likeness (QED) is 0.610. The molecule has 1 aliphatic heterocycles. The summed E-state index contributed by atoms with van der Waals surface area (Å²) in [5.41, 5.74) is 2.26. The van der Waals surface area contributed by atoms with E-state index in [0.717, 1.165) is 38.0 Å². The number of anilines is 1. The molecule has 1 aromatic carbocycles. The molecule has 132 valence electrons. The first-order valence-electron chi connectivity index (χ1n) is 8.98. The number of carbonyl (C=O) groups is 1. The van der Waals surface area contributed by atoms with Gasteiger partial charge in [-0.1, -0.05) is 31.9 Å². The van der Waals surface area contributed by atoms with Gasteiger partial charge in [0.05, 0.1) is 5.92 Å². The fourth-order valence-corrected chi connectivity index (χ4v) is 3.31. The molecule has 0 saturated carbocycles. The molecule has 5 heteroatoms. The molecule has 0 bridgehead atoms. The monoisotopic (exact) mass is 347 g/mol. The Bertz CT molecular complexity index is 544. The number of carbonyl (C=O) groups excluding carboxylic acids is 1. The summed E-state index contributed by atoms with van der Waals surface area (Å²) in [5, 5.41) is 6.31. The zero-order chi connectivity index (χ0) is 17.4. The van der Waals surface area contributed by atoms with Crippen LogP contribution in [0.1, 0.15) is 44.6 Å². The predicted octanol–water partition coefficient (Wildman–Crippen LogP) is 3.57. The minimum atomic E-state index is 0.0234. The van der Waals surface area contributed by atoms with E-state index in [-0.39, 0.29) is 11.8 Å². The third-order valence-corrected chi connectivity index (χ3v) is 4.72. The molecular formula is C19H29N3OS. The number of unbranched alkanes of at least 4 members (excludes halogenated alkanes) is 2. The minimum Gasteiger partial charge on any atom is -0.332 e. The molecule has 0 aromatic heterocycles. The van der Waals surface area contributed by atoms with Crippen molar-refractivity contribution in [3.8, 4) is 0 Å². The van der Waals surface area contributed by atoms with Crippen LogP contribution in [0.25, 0.3) is 0 Å². The van der Waals surface area contributed by atoms with Gasteiger partial charge in [0.15, 0.2) is 5.11 Å². The Balaban J connectivity index is 1.78. The van der Waals surface area contributed by atoms with Gasteiger partial charge in [-0.25, -0.2) is 0 Å². The topological polar surface area (TPSA) is 44.4 Å². The van der Waals surface area contributed by atoms with Crippen LogP contribution in [0.2, 0.25) is 0 Å². The number of amides is 1. The molecule has 0 spiro atoms. The Kier molecular flexibility index (Phi) is 7.66. The zero-order valence-electron chi connectivity index (χ0n) is 14.8. The molecule has 1 saturated heterocycles. The molecule has 1 aliphatic rings. The van der Waals surface area contributed by atoms with E-state index >= 15 is 0 Å². The highest BCUT2D eigenvalue weighted by molar-refractivity contribution is 7.80. The fraction of sp³-hybridized carbons (Fsp3) is 0.579. The standard InChI is InChI=1S/C19H29N3OS/c1-3-4-5-7-15-9-11-17(12-10-15)20-19(24)21-18(23)16-8-6-13-22(2)14-16/h9-12,16H,3-8,13-14H2,1-2H3,(H2,20,21,23,24). The lowest BCUT2D eigenvalue weighted by atomic mass is 9.98. The number of nitrogens with one attached hydrogen (secondary N) is 2. The largest absolute Gasteiger partial charge is 0.332 e. The smallest absolute Gasteiger partial charge is 0.230 e. The number of nitrogens with zero attached hydrogens (tertiary/aromatic N) is 1. The molecule has 0 aliphatic carbocycles. The summed E-state index contributed by atoms with van der Waals surface area (Å²) in [7, 11) is 2.05. The molecule has 2 N–H and O–H groups in total. The maximum Gasteiger partial charge on any atom is 0.230 e. The summed E-state index contributed by atoms with van der Waals surface area (Å²) in [6, 6.07) is 8.29. The maximum atomic E-state index is 12.3. The van der Waals surface area contributed by atoms with Crippen molar-refractivity contribution >= 4 is 28.9 Å². The zero-order valence-corrected chi connectivity index (χ0v) is 15.6. The SMILES string of the molecule is CCCCCc1ccc(NC(=S)NC(=O)C2CCCN(C)C2)cc1. The first-order valence-corrected chi connectivity index (χ1v) is 9.38. The van der Waals surface area contributed by atoms with E-state index in [0.29, 0.717) is 5.11 Å². The molecule has 0 radical (unpaired) electrons. The Labute approximate surface area is 151 Å². The normalized spacial score (nSPS) is 18.2. The van der Waals surface area contributed by atoms with Crippen LogP contribution in [-0.4, -0.2) is 36.1 Å². The molecular weight excluding hydrogens is 318 g/mol. The maximum absolute atomic E-state index is 12.3. The number of piperidine rings is 1. The first-order chi connectivity index (χ1) is 11.6. The van der Waals surface area contributed by atoms with Crippen molar-refractivity contribution in [3.05, 3.63) is 29.8 Å². The van der Waals surface area contributed by atoms with Crippen LogP contribution >= 0.6 is 12.2 Å². The van der Waals surface area contributed by atoms with E-state index in [9.17, 15) is 4.79 Å². The second kappa shape index (κ2) is 9.74. The van der Waals surface area contributed by atoms with Gasteiger partial charge in [-0.2, -0.15) is 0 Å². The lowest BCUT2D eigenvalue weighted by Crippen LogP contribution is -2.44. The van der Waals surface area contributed by atoms with E-state index < -0.39 is 0 Å². The van der Waals surface area contributed by atoms with Gasteiger partial charge in [0, 0.05) is 12.2 Å². The number of aryl methyl sites for hydroxylation is 1. The van der Waals surface area contributed by atoms with Crippen molar-refractivity contribution in [2.75, 3.05) is 25.5 Å². The molecule has 2 rings (SSSR count). The van der Waals surface area contributed by atoms with Gasteiger partial charge in [0.25, 0.3) is 0 Å². The number of thiocarbonyl (C=S) groups is 1. The fourth-order valence-electron chi connectivity index (χ4n) is 3.09. The Hall–Kier alpha value is -1.46. The van der Waals surface area contributed by atoms with Crippen molar-refractivity contribution in [1.82, 2.24) is 10.2 Å². The lowest BCUT2D eigenvalue weighted by Gasteiger charge is -2.28. The van der Waals surface area contributed by atoms with Gasteiger partial charge in [-0.15, -0.1) is 0 Å². The summed E-state index contributed by atoms with van der Waals surface area (Å²) in [4.78, 5) is 14.5. The number of likely N-dealkylation sites (tertiary alicyclic amines) is 1. The average molecular weight is 348 g/mol. The Morgan fingerprint density at radius 3 is 2.71 bits per heavy atom. The average Bonchev–Trinajstić information content (AvgIpc) is 2.56. The van der Waals surface area contributed by atoms with Crippen LogP contribution in [0, 0.1) is 5.92 Å². The van der Waals surface area contributed by atoms with E-state index in [1.54, 1.807) is 0 Å². The highest BCUT2D eigenvalue weighted by atomic mass is 32.1. The summed E-state index contributed by atoms with van der Waals surface area (Å²) in [6.45, 7) is 4.09. The molecule has 1 heterocycles. The first kappa shape index (κ1) is 18.9. The van der Waals surface area contributed by atoms with Crippen LogP contribution in [0.5, 0.6) is 0 Å². The Morgan fingerprint density at radius 2 is 2.04 bits per heavy atom. The third-order valence-electron chi connectivity index (χ3n) is 4.51. The van der Waals surface area contributed by atoms with Crippen molar-refractivity contribution in [3.63, 3.8) is 0 Å². The van der Waals surface area contributed by atoms with E-state index in [1.165, 1.54) is 24.8 Å². The lowest BCUT2D eigenvalue weighted by molar-refractivity contribution is -0.125. The van der Waals surface area contributed by atoms with Gasteiger partial charge >= 0.3 is 0 Å². The summed E-state index contributed by atoms with van der Waals surface area (Å²) in [5.74, 6) is 0.0553. The number of benzene rings is 1. The minimum absolute atomic E-state index is 0.0234. The van der Waals surface area contributed by atoms with Gasteiger partial charge in [0.2, 0.25) is 5.91 Å². The van der Waals surface area contributed by atoms with Crippen molar-refractivity contribution in [1.29, 1.82) is 0 Å². The third kappa shape index (κ3) is 6.21. The highest BCUT2D eigenvalue weighted by Crippen LogP contribution is 2.15. The van der Waals surface area contributed by atoms with Gasteiger partial charge in [0.1, 0.15) is 0 Å². The number of hydrogen-bond acceptors (Lipinski definition) is 3. The Morgan fingerprint density at radius 1 is 1.29 bits per heavy atom. The van der Waals surface area contributed by atoms with Crippen molar-refractivity contribution in [2.24, 2.45) is 5.92 Å². The van der Waals surface area contributed by atoms with Crippen LogP contribution in [0.3, 0.4) is 0 Å². The van der Waals surface area contributed by atoms with Crippen molar-refractivity contribution < 1.29 is 4.79 Å². The predicted molar refractivity (Wildman–Crippen MR) is 104 cm³/mol. The number of hydrogen-bond donors (Lipinski definition) is 2. The molecule has 1 amide bonds. The molecule has 24 heavy (non-hydrogen) atoms. The highest BCUT2D eigenvalue weighted by Gasteiger charge is 2.24. The van der Waals surface area contributed by atoms with Gasteiger partial charge in [-0.3, -0.25) is 4.79 Å². The molecule has 1 atom stereocenters. The second-order valence-corrected chi connectivity index (χ2v) is 7.11. The molecule has 1 fully saturated rings. The van der Waals surface area contributed by atoms with Crippen LogP contribution < -0.4 is 10.6 Å². The second-order valence-electron chi connectivity index (χ2n) is 6.70. The van der Waals surface area contributed by atoms with Crippen LogP contribution in [-0.2, 0) is 11.2 Å². The number of rotatable bonds is 6. The van der Waals surface area contributed by atoms with Crippen LogP contribution in [0.4, 0.5) is 5.69 Å². The van der Waals surface area contributed by atoms with Gasteiger partial charge in [-0.05, 0) is 69.2 Å². The van der Waals surface area contributed by atoms with E-state index in [4.69, 9.17) is 12.2 Å². The molecule has 4 nitrogen and oxygen atoms in total. The van der Waals surface area contributed by atoms with Crippen LogP contribution in [0.15, 0.2) is 24.3 Å². The summed E-state index contributed by atoms with van der Waals surface area (Å²) >= 11 is 5.27. The van der Waals surface area contributed by atoms with E-state index in [2.05, 4.69) is 41.6 Å². The summed E-state index contributed by atoms with van der Waals surface area (Å²) < 4.78 is 0. The van der Waals surface area contributed by atoms with Gasteiger partial charge < -0.3 is 15.5 Å². The molecule has 1 aromatic rings. The van der Waals surface area contributed by atoms with Crippen molar-refractivity contribution in [2.45, 2.75) is 45.4 Å². The molecule has 1 unspecified atom stereocenters. The van der Waals surface area contributed by atoms with E-state index in [1.807, 2.05) is 12.1 Å².